The van der Waals surface area contributed by atoms with E-state index in [2.05, 4.69) is 0 Å². The summed E-state index contributed by atoms with van der Waals surface area (Å²) in [5.41, 5.74) is 0.721. The molecule has 0 amide bonds. The van der Waals surface area contributed by atoms with Gasteiger partial charge in [-0.25, -0.2) is 0 Å². The number of hydrogen-bond acceptors (Lipinski definition) is 1. The minimum atomic E-state index is 0.0335. The van der Waals surface area contributed by atoms with Crippen LogP contribution in [0.15, 0.2) is 0 Å². The zero-order valence-corrected chi connectivity index (χ0v) is 6.47. The Morgan fingerprint density at radius 3 is 2.00 bits per heavy atom. The largest absolute Gasteiger partial charge is 0.393 e. The number of aliphatic hydroxyl groups excluding tert-OH is 1. The monoisotopic (exact) mass is 140 g/mol. The van der Waals surface area contributed by atoms with Crippen molar-refractivity contribution in [2.45, 2.75) is 51.0 Å². The van der Waals surface area contributed by atoms with Crippen LogP contribution in [0.25, 0.3) is 0 Å². The fraction of sp³-hybridized carbons (Fsp3) is 1.00. The predicted molar refractivity (Wildman–Crippen MR) is 40.8 cm³/mol. The van der Waals surface area contributed by atoms with Gasteiger partial charge in [0, 0.05) is 0 Å². The molecule has 1 heteroatoms. The molecule has 1 spiro atoms. The van der Waals surface area contributed by atoms with E-state index >= 15 is 0 Å². The van der Waals surface area contributed by atoms with Crippen molar-refractivity contribution in [3.05, 3.63) is 0 Å². The summed E-state index contributed by atoms with van der Waals surface area (Å²) < 4.78 is 0. The molecule has 2 saturated carbocycles. The lowest BCUT2D eigenvalue weighted by Gasteiger charge is -2.46. The lowest BCUT2D eigenvalue weighted by molar-refractivity contribution is 0.0133. The second-order valence-corrected chi connectivity index (χ2v) is 4.08. The molecule has 2 aliphatic rings. The molecule has 2 aliphatic carbocycles. The van der Waals surface area contributed by atoms with Gasteiger partial charge in [0.15, 0.2) is 0 Å². The maximum Gasteiger partial charge on any atom is 0.0540 e. The van der Waals surface area contributed by atoms with Crippen molar-refractivity contribution in [1.29, 1.82) is 0 Å². The molecule has 1 N–H and O–H groups in total. The maximum atomic E-state index is 9.26. The van der Waals surface area contributed by atoms with Gasteiger partial charge in [-0.1, -0.05) is 6.42 Å². The van der Waals surface area contributed by atoms with Crippen LogP contribution in [0.5, 0.6) is 0 Å². The van der Waals surface area contributed by atoms with Gasteiger partial charge in [0.05, 0.1) is 6.10 Å². The van der Waals surface area contributed by atoms with Crippen LogP contribution >= 0.6 is 0 Å². The Morgan fingerprint density at radius 1 is 1.00 bits per heavy atom. The Morgan fingerprint density at radius 2 is 1.60 bits per heavy atom. The second-order valence-electron chi connectivity index (χ2n) is 4.08. The van der Waals surface area contributed by atoms with Gasteiger partial charge in [0.1, 0.15) is 0 Å². The van der Waals surface area contributed by atoms with E-state index in [1.165, 1.54) is 32.1 Å². The first-order valence-electron chi connectivity index (χ1n) is 4.49. The molecule has 0 aromatic heterocycles. The van der Waals surface area contributed by atoms with Crippen molar-refractivity contribution in [2.24, 2.45) is 5.41 Å². The lowest BCUT2D eigenvalue weighted by Crippen LogP contribution is -2.35. The molecule has 0 heterocycles. The summed E-state index contributed by atoms with van der Waals surface area (Å²) in [6.45, 7) is 0. The van der Waals surface area contributed by atoms with Gasteiger partial charge in [-0.05, 0) is 43.9 Å². The summed E-state index contributed by atoms with van der Waals surface area (Å²) in [5, 5.41) is 9.26. The van der Waals surface area contributed by atoms with E-state index in [1.54, 1.807) is 0 Å². The zero-order chi connectivity index (χ0) is 7.03. The molecule has 0 unspecified atom stereocenters. The first-order chi connectivity index (χ1) is 4.81. The molecular weight excluding hydrogens is 124 g/mol. The van der Waals surface area contributed by atoms with Crippen molar-refractivity contribution in [2.75, 3.05) is 0 Å². The Labute approximate surface area is 62.4 Å². The smallest absolute Gasteiger partial charge is 0.0540 e. The lowest BCUT2D eigenvalue weighted by atomic mass is 9.60. The summed E-state index contributed by atoms with van der Waals surface area (Å²) in [6, 6.07) is 0. The quantitative estimate of drug-likeness (QED) is 0.546. The van der Waals surface area contributed by atoms with E-state index in [9.17, 15) is 5.11 Å². The molecule has 0 aliphatic heterocycles. The third-order valence-corrected chi connectivity index (χ3v) is 3.43. The van der Waals surface area contributed by atoms with Gasteiger partial charge in [-0.3, -0.25) is 0 Å². The molecule has 0 aromatic carbocycles. The van der Waals surface area contributed by atoms with Crippen LogP contribution < -0.4 is 0 Å². The molecule has 0 radical (unpaired) electrons. The average molecular weight is 140 g/mol. The minimum Gasteiger partial charge on any atom is -0.393 e. The molecule has 0 atom stereocenters. The van der Waals surface area contributed by atoms with Crippen molar-refractivity contribution in [3.8, 4) is 0 Å². The second kappa shape index (κ2) is 2.23. The SMILES string of the molecule is OC1CCC2(CCC2)CC1. The van der Waals surface area contributed by atoms with Crippen LogP contribution in [0, 0.1) is 5.41 Å². The Hall–Kier alpha value is -0.0400. The van der Waals surface area contributed by atoms with E-state index in [4.69, 9.17) is 0 Å². The fourth-order valence-corrected chi connectivity index (χ4v) is 2.39. The Balaban J connectivity index is 1.90. The molecule has 1 nitrogen and oxygen atoms in total. The Bertz CT molecular complexity index is 117. The summed E-state index contributed by atoms with van der Waals surface area (Å²) in [7, 11) is 0. The molecule has 0 bridgehead atoms. The summed E-state index contributed by atoms with van der Waals surface area (Å²) in [4.78, 5) is 0. The third kappa shape index (κ3) is 0.968. The fourth-order valence-electron chi connectivity index (χ4n) is 2.39. The number of hydrogen-bond donors (Lipinski definition) is 1. The van der Waals surface area contributed by atoms with Gasteiger partial charge in [0.25, 0.3) is 0 Å². The van der Waals surface area contributed by atoms with Crippen LogP contribution in [-0.4, -0.2) is 11.2 Å². The zero-order valence-electron chi connectivity index (χ0n) is 6.47. The predicted octanol–water partition coefficient (Wildman–Crippen LogP) is 2.09. The summed E-state index contributed by atoms with van der Waals surface area (Å²) in [6.07, 6.45) is 9.10. The highest BCUT2D eigenvalue weighted by Crippen LogP contribution is 2.51. The van der Waals surface area contributed by atoms with Crippen LogP contribution in [0.3, 0.4) is 0 Å². The van der Waals surface area contributed by atoms with Crippen molar-refractivity contribution in [3.63, 3.8) is 0 Å². The first-order valence-corrected chi connectivity index (χ1v) is 4.49. The highest BCUT2D eigenvalue weighted by atomic mass is 16.3. The molecule has 10 heavy (non-hydrogen) atoms. The molecule has 2 rings (SSSR count). The van der Waals surface area contributed by atoms with Crippen LogP contribution in [0.4, 0.5) is 0 Å². The Kier molecular flexibility index (Phi) is 1.48. The van der Waals surface area contributed by atoms with Crippen LogP contribution in [-0.2, 0) is 0 Å². The van der Waals surface area contributed by atoms with Gasteiger partial charge in [-0.15, -0.1) is 0 Å². The molecular formula is C9H16O. The van der Waals surface area contributed by atoms with E-state index < -0.39 is 0 Å². The van der Waals surface area contributed by atoms with E-state index in [-0.39, 0.29) is 6.10 Å². The number of rotatable bonds is 0. The van der Waals surface area contributed by atoms with Crippen LogP contribution in [0.1, 0.15) is 44.9 Å². The van der Waals surface area contributed by atoms with Crippen molar-refractivity contribution < 1.29 is 5.11 Å². The summed E-state index contributed by atoms with van der Waals surface area (Å²) in [5.74, 6) is 0. The van der Waals surface area contributed by atoms with Crippen LogP contribution in [0.2, 0.25) is 0 Å². The highest BCUT2D eigenvalue weighted by Gasteiger charge is 2.39. The topological polar surface area (TPSA) is 20.2 Å². The molecule has 0 saturated heterocycles. The van der Waals surface area contributed by atoms with Gasteiger partial charge in [-0.2, -0.15) is 0 Å². The maximum absolute atomic E-state index is 9.26. The van der Waals surface area contributed by atoms with E-state index in [1.807, 2.05) is 0 Å². The average Bonchev–Trinajstić information content (AvgIpc) is 1.86. The first kappa shape index (κ1) is 6.66. The standard InChI is InChI=1S/C9H16O/c10-8-2-6-9(7-3-8)4-1-5-9/h8,10H,1-7H2. The highest BCUT2D eigenvalue weighted by molar-refractivity contribution is 4.91. The molecule has 58 valence electrons. The minimum absolute atomic E-state index is 0.0335. The van der Waals surface area contributed by atoms with Gasteiger partial charge >= 0.3 is 0 Å². The number of aliphatic hydroxyl groups is 1. The molecule has 2 fully saturated rings. The third-order valence-electron chi connectivity index (χ3n) is 3.43. The van der Waals surface area contributed by atoms with E-state index in [0.29, 0.717) is 0 Å². The summed E-state index contributed by atoms with van der Waals surface area (Å²) >= 11 is 0. The van der Waals surface area contributed by atoms with E-state index in [0.717, 1.165) is 18.3 Å². The van der Waals surface area contributed by atoms with Gasteiger partial charge in [0.2, 0.25) is 0 Å². The van der Waals surface area contributed by atoms with Crippen molar-refractivity contribution >= 4 is 0 Å². The van der Waals surface area contributed by atoms with Gasteiger partial charge < -0.3 is 5.11 Å². The normalized spacial score (nSPS) is 32.1. The van der Waals surface area contributed by atoms with Crippen molar-refractivity contribution in [1.82, 2.24) is 0 Å². The molecule has 0 aromatic rings.